The molecule has 98 valence electrons. The molecule has 0 aliphatic rings. The van der Waals surface area contributed by atoms with Gasteiger partial charge in [0.05, 0.1) is 4.92 Å². The van der Waals surface area contributed by atoms with Crippen LogP contribution in [0.2, 0.25) is 0 Å². The number of benzene rings is 1. The molecule has 2 aromatic rings. The number of hydrazine groups is 1. The Kier molecular flexibility index (Phi) is 3.58. The van der Waals surface area contributed by atoms with Crippen molar-refractivity contribution in [3.05, 3.63) is 52.1 Å². The number of anilines is 1. The fourth-order valence-electron chi connectivity index (χ4n) is 1.57. The highest BCUT2D eigenvalue weighted by molar-refractivity contribution is 5.45. The lowest BCUT2D eigenvalue weighted by Gasteiger charge is -2.07. The van der Waals surface area contributed by atoms with Crippen LogP contribution in [0.3, 0.4) is 0 Å². The Hall–Kier alpha value is -2.67. The Morgan fingerprint density at radius 1 is 1.37 bits per heavy atom. The van der Waals surface area contributed by atoms with E-state index < -0.39 is 4.92 Å². The molecule has 0 saturated heterocycles. The van der Waals surface area contributed by atoms with Crippen molar-refractivity contribution in [2.75, 3.05) is 5.43 Å². The number of nitrogens with one attached hydrogen (secondary N) is 1. The van der Waals surface area contributed by atoms with E-state index in [0.29, 0.717) is 23.0 Å². The van der Waals surface area contributed by atoms with Gasteiger partial charge >= 0.3 is 0 Å². The van der Waals surface area contributed by atoms with Crippen molar-refractivity contribution >= 4 is 11.5 Å². The lowest BCUT2D eigenvalue weighted by Crippen LogP contribution is -2.08. The summed E-state index contributed by atoms with van der Waals surface area (Å²) in [6, 6.07) is 9.59. The number of rotatable bonds is 4. The van der Waals surface area contributed by atoms with Gasteiger partial charge < -0.3 is 10.2 Å². The fraction of sp³-hybridized carbons (Fsp3) is 0.0833. The van der Waals surface area contributed by atoms with E-state index in [9.17, 15) is 10.1 Å². The first-order chi connectivity index (χ1) is 9.10. The quantitative estimate of drug-likeness (QED) is 0.497. The van der Waals surface area contributed by atoms with Gasteiger partial charge in [0.25, 0.3) is 5.69 Å². The van der Waals surface area contributed by atoms with Gasteiger partial charge in [-0.15, -0.1) is 0 Å². The third kappa shape index (κ3) is 2.96. The molecule has 1 aromatic carbocycles. The van der Waals surface area contributed by atoms with Crippen LogP contribution >= 0.6 is 0 Å². The van der Waals surface area contributed by atoms with Gasteiger partial charge in [-0.3, -0.25) is 10.1 Å². The molecule has 19 heavy (non-hydrogen) atoms. The van der Waals surface area contributed by atoms with Crippen LogP contribution in [-0.4, -0.2) is 9.91 Å². The number of hydrogen-bond acceptors (Lipinski definition) is 6. The predicted octanol–water partition coefficient (Wildman–Crippen LogP) is 2.38. The number of nitro benzene ring substituents is 1. The van der Waals surface area contributed by atoms with Crippen molar-refractivity contribution in [3.8, 4) is 11.6 Å². The lowest BCUT2D eigenvalue weighted by atomic mass is 10.2. The highest BCUT2D eigenvalue weighted by Gasteiger charge is 2.11. The second kappa shape index (κ2) is 5.32. The summed E-state index contributed by atoms with van der Waals surface area (Å²) in [6.07, 6.45) is 0. The van der Waals surface area contributed by atoms with Crippen LogP contribution in [0, 0.1) is 17.0 Å². The minimum Gasteiger partial charge on any atom is -0.439 e. The van der Waals surface area contributed by atoms with Crippen LogP contribution in [0.1, 0.15) is 5.56 Å². The zero-order chi connectivity index (χ0) is 13.8. The molecule has 7 heteroatoms. The normalized spacial score (nSPS) is 10.0. The molecule has 0 saturated carbocycles. The summed E-state index contributed by atoms with van der Waals surface area (Å²) in [6.45, 7) is 1.65. The van der Waals surface area contributed by atoms with E-state index in [-0.39, 0.29) is 5.69 Å². The summed E-state index contributed by atoms with van der Waals surface area (Å²) in [5.74, 6) is 6.54. The van der Waals surface area contributed by atoms with Gasteiger partial charge in [-0.05, 0) is 25.1 Å². The molecule has 3 N–H and O–H groups in total. The first-order valence-corrected chi connectivity index (χ1v) is 5.46. The second-order valence-electron chi connectivity index (χ2n) is 3.81. The summed E-state index contributed by atoms with van der Waals surface area (Å²) >= 11 is 0. The van der Waals surface area contributed by atoms with E-state index in [1.54, 1.807) is 31.2 Å². The monoisotopic (exact) mass is 260 g/mol. The molecule has 0 aliphatic carbocycles. The molecule has 1 heterocycles. The van der Waals surface area contributed by atoms with E-state index in [2.05, 4.69) is 10.4 Å². The Morgan fingerprint density at radius 3 is 2.79 bits per heavy atom. The molecule has 7 nitrogen and oxygen atoms in total. The average Bonchev–Trinajstić information content (AvgIpc) is 2.38. The minimum absolute atomic E-state index is 0.0534. The van der Waals surface area contributed by atoms with Crippen molar-refractivity contribution in [3.63, 3.8) is 0 Å². The standard InChI is InChI=1S/C12H12N4O3/c1-8-7-9(5-6-10(8)16(17)18)19-12-4-2-3-11(14-12)15-13/h2-7H,13H2,1H3,(H,14,15). The highest BCUT2D eigenvalue weighted by atomic mass is 16.6. The first-order valence-electron chi connectivity index (χ1n) is 5.46. The number of hydrogen-bond donors (Lipinski definition) is 2. The smallest absolute Gasteiger partial charge is 0.272 e. The number of ether oxygens (including phenoxy) is 1. The van der Waals surface area contributed by atoms with Crippen LogP contribution < -0.4 is 16.0 Å². The van der Waals surface area contributed by atoms with E-state index in [1.807, 2.05) is 0 Å². The zero-order valence-electron chi connectivity index (χ0n) is 10.2. The molecule has 0 aliphatic heterocycles. The maximum Gasteiger partial charge on any atom is 0.272 e. The van der Waals surface area contributed by atoms with Crippen molar-refractivity contribution in [1.82, 2.24) is 4.98 Å². The topological polar surface area (TPSA) is 103 Å². The molecule has 0 bridgehead atoms. The number of nitrogen functional groups attached to an aromatic ring is 1. The number of nitrogens with two attached hydrogens (primary N) is 1. The second-order valence-corrected chi connectivity index (χ2v) is 3.81. The number of aryl methyl sites for hydroxylation is 1. The van der Waals surface area contributed by atoms with Crippen LogP contribution in [-0.2, 0) is 0 Å². The van der Waals surface area contributed by atoms with Gasteiger partial charge in [0.15, 0.2) is 0 Å². The third-order valence-electron chi connectivity index (χ3n) is 2.46. The van der Waals surface area contributed by atoms with E-state index in [0.717, 1.165) is 0 Å². The number of nitro groups is 1. The summed E-state index contributed by atoms with van der Waals surface area (Å²) in [7, 11) is 0. The van der Waals surface area contributed by atoms with E-state index >= 15 is 0 Å². The molecule has 0 spiro atoms. The van der Waals surface area contributed by atoms with E-state index in [1.165, 1.54) is 12.1 Å². The molecule has 0 fully saturated rings. The SMILES string of the molecule is Cc1cc(Oc2cccc(NN)n2)ccc1[N+](=O)[O-]. The van der Waals surface area contributed by atoms with Crippen molar-refractivity contribution in [2.24, 2.45) is 5.84 Å². The van der Waals surface area contributed by atoms with Gasteiger partial charge in [-0.1, -0.05) is 6.07 Å². The van der Waals surface area contributed by atoms with Crippen LogP contribution in [0.15, 0.2) is 36.4 Å². The predicted molar refractivity (Wildman–Crippen MR) is 70.0 cm³/mol. The van der Waals surface area contributed by atoms with Gasteiger partial charge in [-0.25, -0.2) is 5.84 Å². The van der Waals surface area contributed by atoms with Crippen LogP contribution in [0.4, 0.5) is 11.5 Å². The van der Waals surface area contributed by atoms with Gasteiger partial charge in [0.1, 0.15) is 11.6 Å². The third-order valence-corrected chi connectivity index (χ3v) is 2.46. The zero-order valence-corrected chi connectivity index (χ0v) is 10.2. The maximum atomic E-state index is 10.7. The summed E-state index contributed by atoms with van der Waals surface area (Å²) in [4.78, 5) is 14.4. The van der Waals surface area contributed by atoms with Crippen LogP contribution in [0.25, 0.3) is 0 Å². The summed E-state index contributed by atoms with van der Waals surface area (Å²) < 4.78 is 5.51. The summed E-state index contributed by atoms with van der Waals surface area (Å²) in [5, 5.41) is 10.7. The maximum absolute atomic E-state index is 10.7. The molecular weight excluding hydrogens is 248 g/mol. The van der Waals surface area contributed by atoms with Gasteiger partial charge in [0.2, 0.25) is 5.88 Å². The first kappa shape index (κ1) is 12.8. The molecule has 0 radical (unpaired) electrons. The van der Waals surface area contributed by atoms with Crippen molar-refractivity contribution in [2.45, 2.75) is 6.92 Å². The number of nitrogens with zero attached hydrogens (tertiary/aromatic N) is 2. The molecule has 1 aromatic heterocycles. The highest BCUT2D eigenvalue weighted by Crippen LogP contribution is 2.26. The van der Waals surface area contributed by atoms with Gasteiger partial charge in [0, 0.05) is 17.7 Å². The van der Waals surface area contributed by atoms with Crippen LogP contribution in [0.5, 0.6) is 11.6 Å². The Morgan fingerprint density at radius 2 is 2.16 bits per heavy atom. The summed E-state index contributed by atoms with van der Waals surface area (Å²) in [5.41, 5.74) is 2.99. The lowest BCUT2D eigenvalue weighted by molar-refractivity contribution is -0.385. The molecule has 0 unspecified atom stereocenters. The molecule has 0 amide bonds. The fourth-order valence-corrected chi connectivity index (χ4v) is 1.57. The molecule has 0 atom stereocenters. The molecular formula is C12H12N4O3. The van der Waals surface area contributed by atoms with Crippen molar-refractivity contribution < 1.29 is 9.66 Å². The van der Waals surface area contributed by atoms with E-state index in [4.69, 9.17) is 10.6 Å². The number of aromatic nitrogens is 1. The Bertz CT molecular complexity index is 616. The molecule has 2 rings (SSSR count). The Labute approximate surface area is 109 Å². The average molecular weight is 260 g/mol. The largest absolute Gasteiger partial charge is 0.439 e. The number of pyridine rings is 1. The Balaban J connectivity index is 2.23. The minimum atomic E-state index is -0.434. The van der Waals surface area contributed by atoms with Gasteiger partial charge in [-0.2, -0.15) is 4.98 Å². The van der Waals surface area contributed by atoms with Crippen molar-refractivity contribution in [1.29, 1.82) is 0 Å².